The number of rotatable bonds is 8. The summed E-state index contributed by atoms with van der Waals surface area (Å²) >= 11 is 0. The van der Waals surface area contributed by atoms with Crippen LogP contribution in [0.1, 0.15) is 15.9 Å². The molecule has 2 N–H and O–H groups in total. The fourth-order valence-corrected chi connectivity index (χ4v) is 4.44. The first-order chi connectivity index (χ1) is 15.3. The van der Waals surface area contributed by atoms with Gasteiger partial charge in [0.1, 0.15) is 5.75 Å². The van der Waals surface area contributed by atoms with E-state index < -0.39 is 15.9 Å². The van der Waals surface area contributed by atoms with Crippen molar-refractivity contribution in [2.75, 3.05) is 31.4 Å². The molecule has 0 aliphatic carbocycles. The van der Waals surface area contributed by atoms with Crippen molar-refractivity contribution in [2.45, 2.75) is 11.8 Å². The summed E-state index contributed by atoms with van der Waals surface area (Å²) in [5, 5.41) is 2.75. The molecule has 3 aromatic carbocycles. The Labute approximate surface area is 187 Å². The third kappa shape index (κ3) is 4.94. The van der Waals surface area contributed by atoms with E-state index in [4.69, 9.17) is 14.2 Å². The highest BCUT2D eigenvalue weighted by molar-refractivity contribution is 7.92. The average Bonchev–Trinajstić information content (AvgIpc) is 2.78. The number of hydrogen-bond donors (Lipinski definition) is 2. The Morgan fingerprint density at radius 3 is 2.22 bits per heavy atom. The van der Waals surface area contributed by atoms with E-state index in [-0.39, 0.29) is 21.9 Å². The molecule has 0 atom stereocenters. The lowest BCUT2D eigenvalue weighted by Crippen LogP contribution is -2.19. The molecule has 0 spiro atoms. The number of amides is 1. The minimum atomic E-state index is -4.03. The van der Waals surface area contributed by atoms with E-state index in [0.717, 1.165) is 0 Å². The zero-order valence-electron chi connectivity index (χ0n) is 18.1. The van der Waals surface area contributed by atoms with Gasteiger partial charge in [0.05, 0.1) is 37.5 Å². The van der Waals surface area contributed by atoms with Gasteiger partial charge in [-0.2, -0.15) is 0 Å². The van der Waals surface area contributed by atoms with Crippen molar-refractivity contribution in [3.63, 3.8) is 0 Å². The molecule has 0 unspecified atom stereocenters. The molecule has 3 aromatic rings. The van der Waals surface area contributed by atoms with Crippen molar-refractivity contribution in [1.82, 2.24) is 0 Å². The number of hydrogen-bond acceptors (Lipinski definition) is 6. The average molecular weight is 457 g/mol. The Morgan fingerprint density at radius 1 is 0.844 bits per heavy atom. The molecule has 0 fully saturated rings. The second-order valence-corrected chi connectivity index (χ2v) is 8.46. The van der Waals surface area contributed by atoms with Crippen molar-refractivity contribution in [1.29, 1.82) is 0 Å². The van der Waals surface area contributed by atoms with Crippen LogP contribution < -0.4 is 24.2 Å². The highest BCUT2D eigenvalue weighted by atomic mass is 32.2. The smallest absolute Gasteiger partial charge is 0.262 e. The zero-order valence-corrected chi connectivity index (χ0v) is 18.9. The van der Waals surface area contributed by atoms with Gasteiger partial charge in [0.25, 0.3) is 15.9 Å². The fraction of sp³-hybridized carbons (Fsp3) is 0.174. The van der Waals surface area contributed by atoms with Crippen molar-refractivity contribution < 1.29 is 27.4 Å². The first kappa shape index (κ1) is 23.0. The minimum absolute atomic E-state index is 0.0122. The molecule has 1 amide bonds. The Bertz CT molecular complexity index is 1240. The number of para-hydroxylation sites is 1. The van der Waals surface area contributed by atoms with E-state index in [2.05, 4.69) is 10.0 Å². The second kappa shape index (κ2) is 9.61. The van der Waals surface area contributed by atoms with E-state index >= 15 is 0 Å². The molecular formula is C23H24N2O6S. The van der Waals surface area contributed by atoms with Crippen LogP contribution in [0.15, 0.2) is 65.6 Å². The highest BCUT2D eigenvalue weighted by Gasteiger charge is 2.23. The molecule has 3 rings (SSSR count). The summed E-state index contributed by atoms with van der Waals surface area (Å²) in [6, 6.07) is 16.2. The van der Waals surface area contributed by atoms with Crippen LogP contribution in [0.25, 0.3) is 0 Å². The van der Waals surface area contributed by atoms with Crippen LogP contribution in [-0.4, -0.2) is 35.7 Å². The minimum Gasteiger partial charge on any atom is -0.497 e. The van der Waals surface area contributed by atoms with Gasteiger partial charge in [0, 0.05) is 17.8 Å². The molecule has 32 heavy (non-hydrogen) atoms. The van der Waals surface area contributed by atoms with Crippen LogP contribution >= 0.6 is 0 Å². The maximum Gasteiger partial charge on any atom is 0.262 e. The summed E-state index contributed by atoms with van der Waals surface area (Å²) in [4.78, 5) is 12.9. The molecule has 9 heteroatoms. The number of benzene rings is 3. The molecule has 8 nitrogen and oxygen atoms in total. The quantitative estimate of drug-likeness (QED) is 0.530. The molecule has 0 aromatic heterocycles. The van der Waals surface area contributed by atoms with Crippen LogP contribution in [0.3, 0.4) is 0 Å². The van der Waals surface area contributed by atoms with Gasteiger partial charge >= 0.3 is 0 Å². The summed E-state index contributed by atoms with van der Waals surface area (Å²) in [5.41, 5.74) is 1.29. The highest BCUT2D eigenvalue weighted by Crippen LogP contribution is 2.33. The molecule has 0 radical (unpaired) electrons. The number of ether oxygens (including phenoxy) is 3. The molecule has 0 aliphatic heterocycles. The molecule has 0 bridgehead atoms. The topological polar surface area (TPSA) is 103 Å². The lowest BCUT2D eigenvalue weighted by atomic mass is 10.1. The van der Waals surface area contributed by atoms with Gasteiger partial charge in [-0.25, -0.2) is 8.42 Å². The predicted octanol–water partition coefficient (Wildman–Crippen LogP) is 4.07. The summed E-state index contributed by atoms with van der Waals surface area (Å²) in [6.07, 6.45) is 0. The molecule has 0 saturated carbocycles. The lowest BCUT2D eigenvalue weighted by molar-refractivity contribution is 0.102. The number of aryl methyl sites for hydroxylation is 1. The van der Waals surface area contributed by atoms with E-state index in [0.29, 0.717) is 22.7 Å². The maximum atomic E-state index is 13.2. The van der Waals surface area contributed by atoms with E-state index in [1.807, 2.05) is 0 Å². The van der Waals surface area contributed by atoms with Gasteiger partial charge in [-0.15, -0.1) is 0 Å². The van der Waals surface area contributed by atoms with Crippen LogP contribution in [0.5, 0.6) is 17.2 Å². The summed E-state index contributed by atoms with van der Waals surface area (Å²) in [6.45, 7) is 1.65. The largest absolute Gasteiger partial charge is 0.497 e. The standard InChI is InChI=1S/C23H24N2O6S/c1-15-12-20(30-3)21(31-4)14-22(15)32(27,28)25-19-11-6-5-10-18(19)23(26)24-16-8-7-9-17(13-16)29-2/h5-14,25H,1-4H3,(H,24,26). The summed E-state index contributed by atoms with van der Waals surface area (Å²) < 4.78 is 44.4. The third-order valence-electron chi connectivity index (χ3n) is 4.71. The Morgan fingerprint density at radius 2 is 1.53 bits per heavy atom. The zero-order chi connectivity index (χ0) is 23.3. The van der Waals surface area contributed by atoms with Gasteiger partial charge in [-0.05, 0) is 42.8 Å². The predicted molar refractivity (Wildman–Crippen MR) is 122 cm³/mol. The maximum absolute atomic E-state index is 13.2. The SMILES string of the molecule is COc1cccc(NC(=O)c2ccccc2NS(=O)(=O)c2cc(OC)c(OC)cc2C)c1. The van der Waals surface area contributed by atoms with E-state index in [1.165, 1.54) is 39.5 Å². The first-order valence-electron chi connectivity index (χ1n) is 9.59. The Kier molecular flexibility index (Phi) is 6.89. The number of nitrogens with one attached hydrogen (secondary N) is 2. The van der Waals surface area contributed by atoms with Crippen molar-refractivity contribution in [3.05, 3.63) is 71.8 Å². The number of anilines is 2. The van der Waals surface area contributed by atoms with Gasteiger partial charge in [-0.1, -0.05) is 18.2 Å². The van der Waals surface area contributed by atoms with Crippen molar-refractivity contribution in [3.8, 4) is 17.2 Å². The number of methoxy groups -OCH3 is 3. The van der Waals surface area contributed by atoms with E-state index in [1.54, 1.807) is 49.4 Å². The number of sulfonamides is 1. The normalized spacial score (nSPS) is 10.9. The van der Waals surface area contributed by atoms with Crippen molar-refractivity contribution >= 4 is 27.3 Å². The Hall–Kier alpha value is -3.72. The van der Waals surface area contributed by atoms with Gasteiger partial charge in [-0.3, -0.25) is 9.52 Å². The molecule has 0 aliphatic rings. The summed E-state index contributed by atoms with van der Waals surface area (Å²) in [5.74, 6) is 0.811. The van der Waals surface area contributed by atoms with Crippen LogP contribution in [0, 0.1) is 6.92 Å². The van der Waals surface area contributed by atoms with Crippen LogP contribution in [0.2, 0.25) is 0 Å². The second-order valence-electron chi connectivity index (χ2n) is 6.81. The number of carbonyl (C=O) groups excluding carboxylic acids is 1. The molecule has 0 saturated heterocycles. The lowest BCUT2D eigenvalue weighted by Gasteiger charge is -2.16. The van der Waals surface area contributed by atoms with Crippen molar-refractivity contribution in [2.24, 2.45) is 0 Å². The first-order valence-corrected chi connectivity index (χ1v) is 11.1. The summed E-state index contributed by atoms with van der Waals surface area (Å²) in [7, 11) is 0.401. The molecule has 168 valence electrons. The van der Waals surface area contributed by atoms with Gasteiger partial charge in [0.2, 0.25) is 0 Å². The molecular weight excluding hydrogens is 432 g/mol. The molecule has 0 heterocycles. The monoisotopic (exact) mass is 456 g/mol. The fourth-order valence-electron chi connectivity index (χ4n) is 3.12. The van der Waals surface area contributed by atoms with E-state index in [9.17, 15) is 13.2 Å². The van der Waals surface area contributed by atoms with Gasteiger partial charge in [0.15, 0.2) is 11.5 Å². The van der Waals surface area contributed by atoms with Crippen LogP contribution in [0.4, 0.5) is 11.4 Å². The Balaban J connectivity index is 1.92. The third-order valence-corrected chi connectivity index (χ3v) is 6.22. The number of carbonyl (C=O) groups is 1. The van der Waals surface area contributed by atoms with Gasteiger partial charge < -0.3 is 19.5 Å². The van der Waals surface area contributed by atoms with Crippen LogP contribution in [-0.2, 0) is 10.0 Å².